The summed E-state index contributed by atoms with van der Waals surface area (Å²) in [6, 6.07) is 14.9. The predicted molar refractivity (Wildman–Crippen MR) is 112 cm³/mol. The van der Waals surface area contributed by atoms with Gasteiger partial charge in [0.1, 0.15) is 0 Å². The number of carbonyl (C=O) groups excluding carboxylic acids is 1. The van der Waals surface area contributed by atoms with Gasteiger partial charge >= 0.3 is 5.97 Å². The van der Waals surface area contributed by atoms with Crippen LogP contribution < -0.4 is 4.90 Å². The van der Waals surface area contributed by atoms with Crippen LogP contribution in [0.1, 0.15) is 26.3 Å². The van der Waals surface area contributed by atoms with E-state index in [2.05, 4.69) is 34.1 Å². The smallest absolute Gasteiger partial charge is 0.336 e. The van der Waals surface area contributed by atoms with Gasteiger partial charge in [-0.25, -0.2) is 4.79 Å². The van der Waals surface area contributed by atoms with Gasteiger partial charge in [-0.2, -0.15) is 0 Å². The van der Waals surface area contributed by atoms with Crippen LogP contribution in [0, 0.1) is 0 Å². The maximum atomic E-state index is 12.7. The second-order valence-corrected chi connectivity index (χ2v) is 6.98. The van der Waals surface area contributed by atoms with E-state index >= 15 is 0 Å². The van der Waals surface area contributed by atoms with E-state index in [1.54, 1.807) is 23.1 Å². The van der Waals surface area contributed by atoms with Crippen molar-refractivity contribution in [2.45, 2.75) is 6.54 Å². The highest BCUT2D eigenvalue weighted by molar-refractivity contribution is 6.04. The maximum Gasteiger partial charge on any atom is 0.336 e. The molecule has 1 aliphatic rings. The van der Waals surface area contributed by atoms with Crippen molar-refractivity contribution in [2.24, 2.45) is 0 Å². The van der Waals surface area contributed by atoms with Crippen LogP contribution >= 0.6 is 0 Å². The number of hydrogen-bond acceptors (Lipinski definition) is 4. The van der Waals surface area contributed by atoms with Crippen molar-refractivity contribution < 1.29 is 19.1 Å². The van der Waals surface area contributed by atoms with Crippen LogP contribution in [0.25, 0.3) is 0 Å². The third kappa shape index (κ3) is 5.77. The molecule has 2 aromatic rings. The number of nitrogens with zero attached hydrogens (tertiary/aromatic N) is 3. The van der Waals surface area contributed by atoms with Crippen LogP contribution in [0.5, 0.6) is 0 Å². The second kappa shape index (κ2) is 10.6. The molecule has 1 saturated heterocycles. The Morgan fingerprint density at radius 3 is 2.00 bits per heavy atom. The van der Waals surface area contributed by atoms with E-state index in [1.807, 2.05) is 14.1 Å². The van der Waals surface area contributed by atoms with Crippen LogP contribution in [0.4, 0.5) is 10.1 Å². The van der Waals surface area contributed by atoms with E-state index in [9.17, 15) is 19.1 Å². The first-order valence-corrected chi connectivity index (χ1v) is 9.43. The molecule has 0 saturated carbocycles. The highest BCUT2D eigenvalue weighted by Crippen LogP contribution is 2.17. The molecule has 1 N–H and O–H groups in total. The van der Waals surface area contributed by atoms with Gasteiger partial charge in [0.15, 0.2) is 0 Å². The topological polar surface area (TPSA) is 64.1 Å². The Hall–Kier alpha value is -2.93. The largest absolute Gasteiger partial charge is 0.478 e. The summed E-state index contributed by atoms with van der Waals surface area (Å²) in [6.07, 6.45) is 0. The van der Waals surface area contributed by atoms with E-state index in [4.69, 9.17) is 0 Å². The van der Waals surface area contributed by atoms with Crippen molar-refractivity contribution in [3.63, 3.8) is 0 Å². The van der Waals surface area contributed by atoms with Crippen LogP contribution in [0.3, 0.4) is 0 Å². The van der Waals surface area contributed by atoms with Gasteiger partial charge in [0, 0.05) is 52.5 Å². The fraction of sp³-hybridized carbons (Fsp3) is 0.364. The van der Waals surface area contributed by atoms with Crippen molar-refractivity contribution in [3.05, 3.63) is 65.2 Å². The number of carboxylic acids is 1. The molecule has 1 fully saturated rings. The van der Waals surface area contributed by atoms with E-state index in [0.717, 1.165) is 19.6 Å². The Labute approximate surface area is 171 Å². The maximum absolute atomic E-state index is 12.7. The third-order valence-electron chi connectivity index (χ3n) is 4.91. The quantitative estimate of drug-likeness (QED) is 0.835. The van der Waals surface area contributed by atoms with Gasteiger partial charge < -0.3 is 14.9 Å². The first kappa shape index (κ1) is 22.4. The normalized spacial score (nSPS) is 14.0. The average Bonchev–Trinajstić information content (AvgIpc) is 2.75. The molecule has 29 heavy (non-hydrogen) atoms. The lowest BCUT2D eigenvalue weighted by molar-refractivity contribution is 0.0609. The summed E-state index contributed by atoms with van der Waals surface area (Å²) in [5.74, 6) is -1.28. The number of hydrogen-bond donors (Lipinski definition) is 1. The van der Waals surface area contributed by atoms with Crippen LogP contribution in [0.2, 0.25) is 0 Å². The zero-order valence-corrected chi connectivity index (χ0v) is 17.1. The number of amides is 1. The van der Waals surface area contributed by atoms with Gasteiger partial charge in [-0.05, 0) is 29.8 Å². The highest BCUT2D eigenvalue weighted by atomic mass is 19.1. The van der Waals surface area contributed by atoms with Crippen molar-refractivity contribution in [1.29, 1.82) is 0 Å². The van der Waals surface area contributed by atoms with Gasteiger partial charge in [0.05, 0.1) is 18.3 Å². The number of aromatic carboxylic acids is 1. The van der Waals surface area contributed by atoms with E-state index in [-0.39, 0.29) is 17.0 Å². The average molecular weight is 401 g/mol. The monoisotopic (exact) mass is 401 g/mol. The molecular weight excluding hydrogens is 373 g/mol. The minimum absolute atomic E-state index is 0.0610. The van der Waals surface area contributed by atoms with Crippen LogP contribution in [-0.2, 0) is 6.54 Å². The summed E-state index contributed by atoms with van der Waals surface area (Å²) in [5.41, 5.74) is 2.74. The Morgan fingerprint density at radius 2 is 1.48 bits per heavy atom. The number of rotatable bonds is 5. The summed E-state index contributed by atoms with van der Waals surface area (Å²) in [6.45, 7) is 3.60. The standard InChI is InChI=1S/C21H25N3O3.CH3F/c1-22(2)17-9-7-16(8-10-17)15-23-11-13-24(14-12-23)20(25)18-5-3-4-6-19(18)21(26)27;1-2/h3-10H,11-15H2,1-2H3,(H,26,27);1H3. The summed E-state index contributed by atoms with van der Waals surface area (Å²) in [7, 11) is 4.54. The van der Waals surface area contributed by atoms with Crippen LogP contribution in [0.15, 0.2) is 48.5 Å². The minimum atomic E-state index is -1.07. The fourth-order valence-electron chi connectivity index (χ4n) is 3.29. The molecule has 156 valence electrons. The molecule has 0 atom stereocenters. The molecular formula is C22H28FN3O3. The molecule has 1 amide bonds. The van der Waals surface area contributed by atoms with Gasteiger partial charge in [-0.15, -0.1) is 0 Å². The third-order valence-corrected chi connectivity index (χ3v) is 4.91. The molecule has 3 rings (SSSR count). The number of anilines is 1. The number of halogens is 1. The lowest BCUT2D eigenvalue weighted by atomic mass is 10.1. The van der Waals surface area contributed by atoms with Crippen LogP contribution in [-0.4, -0.2) is 74.2 Å². The van der Waals surface area contributed by atoms with Gasteiger partial charge in [0.25, 0.3) is 5.91 Å². The van der Waals surface area contributed by atoms with E-state index in [0.29, 0.717) is 20.3 Å². The molecule has 0 aliphatic carbocycles. The molecule has 0 unspecified atom stereocenters. The zero-order chi connectivity index (χ0) is 21.4. The Bertz CT molecular complexity index is 816. The first-order valence-electron chi connectivity index (χ1n) is 9.43. The lowest BCUT2D eigenvalue weighted by Crippen LogP contribution is -2.48. The lowest BCUT2D eigenvalue weighted by Gasteiger charge is -2.35. The minimum Gasteiger partial charge on any atom is -0.478 e. The molecule has 6 nitrogen and oxygen atoms in total. The van der Waals surface area contributed by atoms with Gasteiger partial charge in [-0.3, -0.25) is 14.1 Å². The summed E-state index contributed by atoms with van der Waals surface area (Å²) in [4.78, 5) is 30.2. The Balaban J connectivity index is 0.00000145. The summed E-state index contributed by atoms with van der Waals surface area (Å²) < 4.78 is 9.50. The first-order chi connectivity index (χ1) is 14.0. The SMILES string of the molecule is CF.CN(C)c1ccc(CN2CCN(C(=O)c3ccccc3C(=O)O)CC2)cc1. The number of piperazine rings is 1. The van der Waals surface area contributed by atoms with Crippen molar-refractivity contribution in [1.82, 2.24) is 9.80 Å². The number of benzene rings is 2. The molecule has 0 bridgehead atoms. The van der Waals surface area contributed by atoms with Crippen molar-refractivity contribution >= 4 is 17.6 Å². The van der Waals surface area contributed by atoms with Crippen molar-refractivity contribution in [2.75, 3.05) is 52.4 Å². The number of carbonyl (C=O) groups is 2. The van der Waals surface area contributed by atoms with E-state index < -0.39 is 5.97 Å². The molecule has 1 heterocycles. The van der Waals surface area contributed by atoms with Crippen molar-refractivity contribution in [3.8, 4) is 0 Å². The summed E-state index contributed by atoms with van der Waals surface area (Å²) >= 11 is 0. The molecule has 0 radical (unpaired) electrons. The molecule has 7 heteroatoms. The second-order valence-electron chi connectivity index (χ2n) is 6.98. The summed E-state index contributed by atoms with van der Waals surface area (Å²) in [5, 5.41) is 9.29. The molecule has 0 spiro atoms. The number of carboxylic acid groups (broad SMARTS) is 1. The molecule has 0 aromatic heterocycles. The predicted octanol–water partition coefficient (Wildman–Crippen LogP) is 2.99. The number of alkyl halides is 1. The fourth-order valence-corrected chi connectivity index (χ4v) is 3.29. The molecule has 1 aliphatic heterocycles. The Kier molecular flexibility index (Phi) is 8.15. The van der Waals surface area contributed by atoms with Gasteiger partial charge in [0.2, 0.25) is 0 Å². The highest BCUT2D eigenvalue weighted by Gasteiger charge is 2.25. The van der Waals surface area contributed by atoms with E-state index in [1.165, 1.54) is 17.3 Å². The zero-order valence-electron chi connectivity index (χ0n) is 17.1. The Morgan fingerprint density at radius 1 is 0.931 bits per heavy atom. The molecule has 2 aromatic carbocycles. The van der Waals surface area contributed by atoms with Gasteiger partial charge in [-0.1, -0.05) is 24.3 Å².